The fourth-order valence-corrected chi connectivity index (χ4v) is 3.52. The summed E-state index contributed by atoms with van der Waals surface area (Å²) >= 11 is 3.21. The van der Waals surface area contributed by atoms with Crippen LogP contribution in [0.1, 0.15) is 26.2 Å². The maximum absolute atomic E-state index is 11.9. The number of carbonyl (C=O) groups is 1. The molecule has 0 heterocycles. The molecule has 0 unspecified atom stereocenters. The molecule has 0 bridgehead atoms. The first-order chi connectivity index (χ1) is 8.01. The second-order valence-corrected chi connectivity index (χ2v) is 6.13. The van der Waals surface area contributed by atoms with Gasteiger partial charge in [-0.15, -0.1) is 0 Å². The highest BCUT2D eigenvalue weighted by molar-refractivity contribution is 9.09. The molecule has 1 fully saturated rings. The van der Waals surface area contributed by atoms with Crippen molar-refractivity contribution in [2.45, 2.75) is 32.2 Å². The van der Waals surface area contributed by atoms with Crippen LogP contribution >= 0.6 is 15.9 Å². The lowest BCUT2D eigenvalue weighted by molar-refractivity contribution is 0.156. The van der Waals surface area contributed by atoms with Crippen LogP contribution in [0, 0.1) is 0 Å². The quantitative estimate of drug-likeness (QED) is 0.744. The Kier molecular flexibility index (Phi) is 5.68. The van der Waals surface area contributed by atoms with Gasteiger partial charge in [0.25, 0.3) is 0 Å². The molecule has 6 nitrogen and oxygen atoms in total. The van der Waals surface area contributed by atoms with Crippen LogP contribution in [0.2, 0.25) is 0 Å². The average Bonchev–Trinajstić information content (AvgIpc) is 2.13. The number of nitrogens with one attached hydrogen (secondary N) is 1. The molecule has 0 atom stereocenters. The van der Waals surface area contributed by atoms with E-state index in [1.165, 1.54) is 4.31 Å². The highest BCUT2D eigenvalue weighted by Crippen LogP contribution is 2.26. The molecular formula is C9H17BrN2O4S. The maximum atomic E-state index is 11.9. The van der Waals surface area contributed by atoms with Crippen LogP contribution < -0.4 is 4.72 Å². The summed E-state index contributed by atoms with van der Waals surface area (Å²) in [4.78, 5) is 11.1. The third kappa shape index (κ3) is 4.11. The predicted molar refractivity (Wildman–Crippen MR) is 67.2 cm³/mol. The molecule has 1 aliphatic carbocycles. The minimum Gasteiger partial charge on any atom is -0.449 e. The Morgan fingerprint density at radius 3 is 2.59 bits per heavy atom. The average molecular weight is 329 g/mol. The monoisotopic (exact) mass is 328 g/mol. The van der Waals surface area contributed by atoms with E-state index >= 15 is 0 Å². The lowest BCUT2D eigenvalue weighted by atomic mass is 9.93. The van der Waals surface area contributed by atoms with Crippen molar-refractivity contribution in [3.05, 3.63) is 0 Å². The van der Waals surface area contributed by atoms with Gasteiger partial charge in [-0.2, -0.15) is 12.7 Å². The van der Waals surface area contributed by atoms with Crippen LogP contribution in [0.25, 0.3) is 0 Å². The first-order valence-electron chi connectivity index (χ1n) is 5.53. The third-order valence-electron chi connectivity index (χ3n) is 2.58. The fourth-order valence-electron chi connectivity index (χ4n) is 1.58. The molecule has 1 amide bonds. The Balaban J connectivity index is 2.66. The van der Waals surface area contributed by atoms with Gasteiger partial charge in [-0.1, -0.05) is 22.4 Å². The standard InChI is InChI=1S/C9H17BrN2O4S/c1-2-16-9(13)11-17(14,15)12(7-6-10)8-4-3-5-8/h8H,2-7H2,1H3,(H,11,13). The molecule has 100 valence electrons. The Bertz CT molecular complexity index is 356. The van der Waals surface area contributed by atoms with E-state index in [9.17, 15) is 13.2 Å². The van der Waals surface area contributed by atoms with Crippen LogP contribution in [0.3, 0.4) is 0 Å². The van der Waals surface area contributed by atoms with E-state index < -0.39 is 16.3 Å². The second-order valence-electron chi connectivity index (χ2n) is 3.71. The number of halogens is 1. The lowest BCUT2D eigenvalue weighted by Gasteiger charge is -2.35. The minimum absolute atomic E-state index is 0.000485. The van der Waals surface area contributed by atoms with E-state index in [1.54, 1.807) is 6.92 Å². The summed E-state index contributed by atoms with van der Waals surface area (Å²) in [5, 5.41) is 0.535. The minimum atomic E-state index is -3.79. The van der Waals surface area contributed by atoms with E-state index in [2.05, 4.69) is 20.7 Å². The van der Waals surface area contributed by atoms with Crippen molar-refractivity contribution >= 4 is 32.2 Å². The van der Waals surface area contributed by atoms with Gasteiger partial charge in [0.05, 0.1) is 6.61 Å². The third-order valence-corrected chi connectivity index (χ3v) is 4.46. The summed E-state index contributed by atoms with van der Waals surface area (Å²) in [5.74, 6) is 0. The Morgan fingerprint density at radius 2 is 2.18 bits per heavy atom. The van der Waals surface area contributed by atoms with E-state index in [4.69, 9.17) is 0 Å². The van der Waals surface area contributed by atoms with Crippen LogP contribution in [0.4, 0.5) is 4.79 Å². The van der Waals surface area contributed by atoms with Crippen LogP contribution in [0.5, 0.6) is 0 Å². The first kappa shape index (κ1) is 14.7. The van der Waals surface area contributed by atoms with Crippen molar-refractivity contribution in [2.75, 3.05) is 18.5 Å². The molecule has 1 rings (SSSR count). The van der Waals surface area contributed by atoms with Gasteiger partial charge in [0.1, 0.15) is 0 Å². The van der Waals surface area contributed by atoms with Crippen LogP contribution in [-0.2, 0) is 14.9 Å². The molecule has 0 saturated heterocycles. The van der Waals surface area contributed by atoms with E-state index in [0.717, 1.165) is 19.3 Å². The zero-order valence-corrected chi connectivity index (χ0v) is 12.1. The van der Waals surface area contributed by atoms with Gasteiger partial charge in [0.15, 0.2) is 0 Å². The molecular weight excluding hydrogens is 312 g/mol. The molecule has 0 radical (unpaired) electrons. The van der Waals surface area contributed by atoms with Crippen molar-refractivity contribution in [2.24, 2.45) is 0 Å². The maximum Gasteiger partial charge on any atom is 0.421 e. The SMILES string of the molecule is CCOC(=O)NS(=O)(=O)N(CCBr)C1CCC1. The van der Waals surface area contributed by atoms with Crippen molar-refractivity contribution in [1.29, 1.82) is 0 Å². The highest BCUT2D eigenvalue weighted by atomic mass is 79.9. The number of ether oxygens (including phenoxy) is 1. The van der Waals surface area contributed by atoms with Gasteiger partial charge in [-0.3, -0.25) is 0 Å². The van der Waals surface area contributed by atoms with E-state index in [-0.39, 0.29) is 12.6 Å². The lowest BCUT2D eigenvalue weighted by Crippen LogP contribution is -2.51. The fraction of sp³-hybridized carbons (Fsp3) is 0.889. The summed E-state index contributed by atoms with van der Waals surface area (Å²) in [6.07, 6.45) is 1.79. The van der Waals surface area contributed by atoms with Crippen molar-refractivity contribution < 1.29 is 17.9 Å². The highest BCUT2D eigenvalue weighted by Gasteiger charge is 2.34. The van der Waals surface area contributed by atoms with Gasteiger partial charge >= 0.3 is 16.3 Å². The number of carbonyl (C=O) groups excluding carboxylic acids is 1. The molecule has 0 aromatic heterocycles. The molecule has 8 heteroatoms. The summed E-state index contributed by atoms with van der Waals surface area (Å²) in [6.45, 7) is 2.11. The smallest absolute Gasteiger partial charge is 0.421 e. The number of amides is 1. The Labute approximate surface area is 110 Å². The molecule has 1 aliphatic rings. The predicted octanol–water partition coefficient (Wildman–Crippen LogP) is 1.23. The Morgan fingerprint density at radius 1 is 1.53 bits per heavy atom. The van der Waals surface area contributed by atoms with Crippen molar-refractivity contribution in [1.82, 2.24) is 9.03 Å². The molecule has 1 N–H and O–H groups in total. The number of hydrogen-bond donors (Lipinski definition) is 1. The molecule has 0 aromatic rings. The summed E-state index contributed by atoms with van der Waals surface area (Å²) < 4.78 is 31.7. The van der Waals surface area contributed by atoms with Crippen molar-refractivity contribution in [3.8, 4) is 0 Å². The van der Waals surface area contributed by atoms with Crippen LogP contribution in [0.15, 0.2) is 0 Å². The Hall–Kier alpha value is -0.340. The molecule has 0 spiro atoms. The number of alkyl halides is 1. The number of nitrogens with zero attached hydrogens (tertiary/aromatic N) is 1. The molecule has 0 aliphatic heterocycles. The van der Waals surface area contributed by atoms with Gasteiger partial charge in [-0.25, -0.2) is 9.52 Å². The summed E-state index contributed by atoms with van der Waals surface area (Å²) in [5.41, 5.74) is 0. The van der Waals surface area contributed by atoms with Crippen molar-refractivity contribution in [3.63, 3.8) is 0 Å². The van der Waals surface area contributed by atoms with E-state index in [1.807, 2.05) is 4.72 Å². The van der Waals surface area contributed by atoms with E-state index in [0.29, 0.717) is 11.9 Å². The number of rotatable bonds is 6. The summed E-state index contributed by atoms with van der Waals surface area (Å²) in [7, 11) is -3.79. The first-order valence-corrected chi connectivity index (χ1v) is 8.09. The number of hydrogen-bond acceptors (Lipinski definition) is 4. The summed E-state index contributed by atoms with van der Waals surface area (Å²) in [6, 6.07) is -0.000485. The van der Waals surface area contributed by atoms with Gasteiger partial charge in [-0.05, 0) is 19.8 Å². The van der Waals surface area contributed by atoms with Gasteiger partial charge < -0.3 is 4.74 Å². The largest absolute Gasteiger partial charge is 0.449 e. The van der Waals surface area contributed by atoms with Gasteiger partial charge in [0, 0.05) is 17.9 Å². The zero-order chi connectivity index (χ0) is 12.9. The molecule has 0 aromatic carbocycles. The topological polar surface area (TPSA) is 75.7 Å². The van der Waals surface area contributed by atoms with Crippen LogP contribution in [-0.4, -0.2) is 43.3 Å². The molecule has 17 heavy (non-hydrogen) atoms. The zero-order valence-electron chi connectivity index (χ0n) is 9.69. The van der Waals surface area contributed by atoms with Gasteiger partial charge in [0.2, 0.25) is 0 Å². The normalized spacial score (nSPS) is 16.6. The molecule has 1 saturated carbocycles. The second kappa shape index (κ2) is 6.55.